The molecule has 1 amide bonds. The van der Waals surface area contributed by atoms with E-state index in [4.69, 9.17) is 0 Å². The van der Waals surface area contributed by atoms with Crippen molar-refractivity contribution in [3.63, 3.8) is 0 Å². The molecule has 20 heavy (non-hydrogen) atoms. The fourth-order valence-corrected chi connectivity index (χ4v) is 2.46. The van der Waals surface area contributed by atoms with Crippen molar-refractivity contribution >= 4 is 15.9 Å². The summed E-state index contributed by atoms with van der Waals surface area (Å²) >= 11 is 0. The summed E-state index contributed by atoms with van der Waals surface area (Å²) in [6, 6.07) is 7.54. The second-order valence-corrected chi connectivity index (χ2v) is 6.66. The number of carbonyl (C=O) groups is 1. The molecule has 1 aromatic rings. The maximum atomic E-state index is 11.9. The zero-order valence-corrected chi connectivity index (χ0v) is 13.0. The minimum atomic E-state index is -3.32. The van der Waals surface area contributed by atoms with Crippen LogP contribution in [0.5, 0.6) is 0 Å². The number of benzene rings is 1. The van der Waals surface area contributed by atoms with Crippen LogP contribution < -0.4 is 10.0 Å². The Bertz CT molecular complexity index is 568. The summed E-state index contributed by atoms with van der Waals surface area (Å²) in [5.41, 5.74) is 1.21. The lowest BCUT2D eigenvalue weighted by Gasteiger charge is -2.16. The maximum Gasteiger partial charge on any atom is 0.251 e. The molecule has 1 aromatic carbocycles. The summed E-state index contributed by atoms with van der Waals surface area (Å²) in [5.74, 6) is -0.170. The summed E-state index contributed by atoms with van der Waals surface area (Å²) < 4.78 is 25.1. The van der Waals surface area contributed by atoms with Crippen LogP contribution in [0.25, 0.3) is 0 Å². The maximum absolute atomic E-state index is 11.9. The van der Waals surface area contributed by atoms with Gasteiger partial charge in [-0.1, -0.05) is 19.1 Å². The first-order valence-electron chi connectivity index (χ1n) is 6.48. The van der Waals surface area contributed by atoms with Crippen LogP contribution >= 0.6 is 0 Å². The van der Waals surface area contributed by atoms with Gasteiger partial charge in [0.1, 0.15) is 0 Å². The Morgan fingerprint density at radius 2 is 1.85 bits per heavy atom. The molecule has 6 heteroatoms. The van der Waals surface area contributed by atoms with E-state index in [0.29, 0.717) is 23.6 Å². The van der Waals surface area contributed by atoms with Crippen molar-refractivity contribution in [3.8, 4) is 0 Å². The van der Waals surface area contributed by atoms with Crippen molar-refractivity contribution in [1.29, 1.82) is 0 Å². The minimum Gasteiger partial charge on any atom is -0.350 e. The summed E-state index contributed by atoms with van der Waals surface area (Å²) in [5, 5.41) is 2.80. The predicted molar refractivity (Wildman–Crippen MR) is 79.7 cm³/mol. The summed E-state index contributed by atoms with van der Waals surface area (Å²) in [7, 11) is -3.32. The minimum absolute atomic E-state index is 0.0509. The van der Waals surface area contributed by atoms with Crippen molar-refractivity contribution in [2.45, 2.75) is 33.2 Å². The number of hydrogen-bond acceptors (Lipinski definition) is 3. The van der Waals surface area contributed by atoms with Gasteiger partial charge in [0.2, 0.25) is 10.0 Å². The van der Waals surface area contributed by atoms with Gasteiger partial charge in [0, 0.05) is 11.6 Å². The van der Waals surface area contributed by atoms with Gasteiger partial charge in [-0.15, -0.1) is 0 Å². The molecule has 2 N–H and O–H groups in total. The van der Waals surface area contributed by atoms with Crippen molar-refractivity contribution in [1.82, 2.24) is 10.0 Å². The molecule has 0 saturated heterocycles. The van der Waals surface area contributed by atoms with E-state index in [1.165, 1.54) is 0 Å². The van der Waals surface area contributed by atoms with Gasteiger partial charge in [-0.25, -0.2) is 13.1 Å². The Labute approximate surface area is 120 Å². The first kappa shape index (κ1) is 16.7. The van der Waals surface area contributed by atoms with Gasteiger partial charge < -0.3 is 5.32 Å². The number of carbonyl (C=O) groups excluding carboxylic acids is 1. The highest BCUT2D eigenvalue weighted by Gasteiger charge is 2.17. The molecule has 0 spiro atoms. The van der Waals surface area contributed by atoms with Crippen LogP contribution in [0.4, 0.5) is 0 Å². The van der Waals surface area contributed by atoms with Crippen LogP contribution in [-0.2, 0) is 10.0 Å². The van der Waals surface area contributed by atoms with Crippen LogP contribution in [0.2, 0.25) is 0 Å². The van der Waals surface area contributed by atoms with Crippen molar-refractivity contribution in [3.05, 3.63) is 41.4 Å². The molecule has 0 fully saturated rings. The molecule has 0 aliphatic carbocycles. The van der Waals surface area contributed by atoms with Crippen molar-refractivity contribution < 1.29 is 13.2 Å². The third-order valence-corrected chi connectivity index (χ3v) is 3.17. The van der Waals surface area contributed by atoms with Crippen LogP contribution in [0, 0.1) is 6.04 Å². The largest absolute Gasteiger partial charge is 0.350 e. The molecule has 0 aromatic heterocycles. The first-order valence-corrected chi connectivity index (χ1v) is 8.37. The van der Waals surface area contributed by atoms with E-state index in [9.17, 15) is 13.2 Å². The molecule has 111 valence electrons. The second kappa shape index (κ2) is 6.85. The average Bonchev–Trinajstić information content (AvgIpc) is 2.34. The normalized spacial score (nSPS) is 11.9. The molecule has 0 bridgehead atoms. The summed E-state index contributed by atoms with van der Waals surface area (Å²) in [6.45, 7) is 5.63. The Hall–Kier alpha value is -1.40. The van der Waals surface area contributed by atoms with E-state index < -0.39 is 10.0 Å². The number of nitrogens with one attached hydrogen (secondary N) is 2. The number of rotatable bonds is 6. The number of hydrogen-bond donors (Lipinski definition) is 2. The monoisotopic (exact) mass is 297 g/mol. The summed E-state index contributed by atoms with van der Waals surface area (Å²) in [4.78, 5) is 11.9. The van der Waals surface area contributed by atoms with Gasteiger partial charge in [-0.3, -0.25) is 4.79 Å². The molecule has 0 aliphatic heterocycles. The molecule has 0 atom stereocenters. The van der Waals surface area contributed by atoms with Crippen LogP contribution in [0.3, 0.4) is 0 Å². The standard InChI is InChI=1S/C14H21N2O3S/c1-5-13(16-20(4,18)19)11-7-6-8-12(9-11)14(17)15-10(2)3/h6-10,16H,5H2,1-4H3,(H,15,17). The highest BCUT2D eigenvalue weighted by molar-refractivity contribution is 7.88. The van der Waals surface area contributed by atoms with Crippen LogP contribution in [0.15, 0.2) is 24.3 Å². The summed E-state index contributed by atoms with van der Waals surface area (Å²) in [6.07, 6.45) is 1.64. The van der Waals surface area contributed by atoms with E-state index in [2.05, 4.69) is 10.0 Å². The molecule has 1 rings (SSSR count). The van der Waals surface area contributed by atoms with Gasteiger partial charge in [0.25, 0.3) is 5.91 Å². The van der Waals surface area contributed by atoms with Gasteiger partial charge in [0.05, 0.1) is 12.3 Å². The molecule has 0 heterocycles. The zero-order valence-electron chi connectivity index (χ0n) is 12.2. The fraction of sp³-hybridized carbons (Fsp3) is 0.429. The van der Waals surface area contributed by atoms with Crippen LogP contribution in [0.1, 0.15) is 43.1 Å². The smallest absolute Gasteiger partial charge is 0.251 e. The molecule has 0 unspecified atom stereocenters. The lowest BCUT2D eigenvalue weighted by atomic mass is 10.0. The Morgan fingerprint density at radius 1 is 1.25 bits per heavy atom. The molecule has 1 radical (unpaired) electrons. The van der Waals surface area contributed by atoms with Crippen molar-refractivity contribution in [2.75, 3.05) is 6.26 Å². The van der Waals surface area contributed by atoms with E-state index >= 15 is 0 Å². The third-order valence-electron chi connectivity index (χ3n) is 2.56. The SMILES string of the molecule is CC[C](NS(C)(=O)=O)c1cccc(C(=O)NC(C)C)c1. The Kier molecular flexibility index (Phi) is 5.71. The van der Waals surface area contributed by atoms with E-state index in [1.54, 1.807) is 24.3 Å². The van der Waals surface area contributed by atoms with E-state index in [0.717, 1.165) is 6.26 Å². The topological polar surface area (TPSA) is 75.3 Å². The van der Waals surface area contributed by atoms with Gasteiger partial charge >= 0.3 is 0 Å². The highest BCUT2D eigenvalue weighted by atomic mass is 32.2. The molecule has 5 nitrogen and oxygen atoms in total. The fourth-order valence-electron chi connectivity index (χ4n) is 1.75. The molecule has 0 saturated carbocycles. The molecular formula is C14H21N2O3S. The Morgan fingerprint density at radius 3 is 2.35 bits per heavy atom. The highest BCUT2D eigenvalue weighted by Crippen LogP contribution is 2.18. The second-order valence-electron chi connectivity index (χ2n) is 4.92. The lowest BCUT2D eigenvalue weighted by Crippen LogP contribution is -2.31. The quantitative estimate of drug-likeness (QED) is 0.838. The number of amides is 1. The van der Waals surface area contributed by atoms with Gasteiger partial charge in [-0.05, 0) is 38.0 Å². The average molecular weight is 297 g/mol. The van der Waals surface area contributed by atoms with E-state index in [1.807, 2.05) is 20.8 Å². The zero-order chi connectivity index (χ0) is 15.3. The molecular weight excluding hydrogens is 276 g/mol. The predicted octanol–water partition coefficient (Wildman–Crippen LogP) is 1.66. The van der Waals surface area contributed by atoms with Crippen molar-refractivity contribution in [2.24, 2.45) is 0 Å². The Balaban J connectivity index is 2.99. The van der Waals surface area contributed by atoms with E-state index in [-0.39, 0.29) is 11.9 Å². The van der Waals surface area contributed by atoms with Crippen LogP contribution in [-0.4, -0.2) is 26.6 Å². The number of sulfonamides is 1. The first-order chi connectivity index (χ1) is 9.23. The van der Waals surface area contributed by atoms with Gasteiger partial charge in [0.15, 0.2) is 0 Å². The van der Waals surface area contributed by atoms with Gasteiger partial charge in [-0.2, -0.15) is 0 Å². The lowest BCUT2D eigenvalue weighted by molar-refractivity contribution is 0.0943. The third kappa shape index (κ3) is 5.30. The molecule has 0 aliphatic rings.